The summed E-state index contributed by atoms with van der Waals surface area (Å²) in [5.41, 5.74) is 1.43. The number of pyridine rings is 1. The van der Waals surface area contributed by atoms with Crippen molar-refractivity contribution in [1.29, 1.82) is 0 Å². The van der Waals surface area contributed by atoms with Crippen LogP contribution in [0.2, 0.25) is 0 Å². The van der Waals surface area contributed by atoms with Gasteiger partial charge in [0.1, 0.15) is 24.8 Å². The smallest absolute Gasteiger partial charge is 0.308 e. The fourth-order valence-corrected chi connectivity index (χ4v) is 5.00. The third kappa shape index (κ3) is 5.91. The monoisotopic (exact) mass is 544 g/mol. The molecule has 8 heteroatoms. The van der Waals surface area contributed by atoms with Crippen molar-refractivity contribution >= 4 is 11.7 Å². The van der Waals surface area contributed by atoms with E-state index in [2.05, 4.69) is 4.98 Å². The average molecular weight is 545 g/mol. The van der Waals surface area contributed by atoms with Gasteiger partial charge in [-0.15, -0.1) is 0 Å². The first-order chi connectivity index (χ1) is 19.2. The number of carbonyl (C=O) groups is 1. The Balaban J connectivity index is 1.46. The second-order valence-electron chi connectivity index (χ2n) is 10.6. The van der Waals surface area contributed by atoms with E-state index in [1.165, 1.54) is 18.2 Å². The van der Waals surface area contributed by atoms with Gasteiger partial charge in [0.25, 0.3) is 0 Å². The van der Waals surface area contributed by atoms with Crippen LogP contribution < -0.4 is 14.4 Å². The summed E-state index contributed by atoms with van der Waals surface area (Å²) in [4.78, 5) is 17.9. The summed E-state index contributed by atoms with van der Waals surface area (Å²) in [6, 6.07) is 24.5. The molecule has 40 heavy (non-hydrogen) atoms. The molecule has 0 aliphatic carbocycles. The number of carboxylic acids is 1. The molecule has 3 aromatic carbocycles. The Morgan fingerprint density at radius 1 is 0.925 bits per heavy atom. The van der Waals surface area contributed by atoms with Crippen molar-refractivity contribution in [2.24, 2.45) is 11.3 Å². The molecule has 1 aliphatic rings. The molecule has 0 saturated carbocycles. The van der Waals surface area contributed by atoms with E-state index in [4.69, 9.17) is 9.47 Å². The molecule has 1 atom stereocenters. The van der Waals surface area contributed by atoms with Gasteiger partial charge in [0.2, 0.25) is 11.8 Å². The van der Waals surface area contributed by atoms with Crippen molar-refractivity contribution in [3.63, 3.8) is 0 Å². The van der Waals surface area contributed by atoms with E-state index in [0.717, 1.165) is 11.1 Å². The number of aliphatic carboxylic acids is 1. The second kappa shape index (κ2) is 11.3. The summed E-state index contributed by atoms with van der Waals surface area (Å²) in [5.74, 6) is -2.87. The van der Waals surface area contributed by atoms with Gasteiger partial charge in [0, 0.05) is 24.8 Å². The van der Waals surface area contributed by atoms with E-state index >= 15 is 8.78 Å². The molecular weight excluding hydrogens is 514 g/mol. The number of aromatic nitrogens is 1. The van der Waals surface area contributed by atoms with E-state index < -0.39 is 28.9 Å². The molecule has 0 amide bonds. The molecule has 2 heterocycles. The molecule has 0 unspecified atom stereocenters. The minimum Gasteiger partial charge on any atom is -0.481 e. The number of carboxylic acid groups (broad SMARTS) is 1. The van der Waals surface area contributed by atoms with Gasteiger partial charge in [-0.1, -0.05) is 74.5 Å². The maximum atomic E-state index is 15.6. The van der Waals surface area contributed by atoms with Crippen LogP contribution in [0.25, 0.3) is 11.1 Å². The summed E-state index contributed by atoms with van der Waals surface area (Å²) >= 11 is 0. The largest absolute Gasteiger partial charge is 0.481 e. The molecule has 0 spiro atoms. The molecule has 0 radical (unpaired) electrons. The molecule has 206 valence electrons. The first-order valence-electron chi connectivity index (χ1n) is 13.0. The highest BCUT2D eigenvalue weighted by Gasteiger charge is 2.44. The predicted octanol–water partition coefficient (Wildman–Crippen LogP) is 6.73. The molecule has 1 fully saturated rings. The zero-order chi connectivity index (χ0) is 28.3. The molecule has 5 rings (SSSR count). The molecule has 4 aromatic rings. The maximum absolute atomic E-state index is 15.6. The SMILES string of the molecule is CC1(C)CN(c2cc(F)c(-c3ccc(OCc4ccccc4)nc3OCc3ccccc3)c(F)c2)C[C@@H]1C(=O)O. The van der Waals surface area contributed by atoms with Crippen molar-refractivity contribution in [3.05, 3.63) is 108 Å². The minimum absolute atomic E-state index is 0.0354. The van der Waals surface area contributed by atoms with Crippen molar-refractivity contribution in [2.75, 3.05) is 18.0 Å². The summed E-state index contributed by atoms with van der Waals surface area (Å²) in [6.07, 6.45) is 0. The standard InChI is InChI=1S/C32H30F2N2O4/c1-32(2)20-36(17-25(32)31(37)38)23-15-26(33)29(27(34)16-23)24-13-14-28(39-18-21-9-5-3-6-10-21)35-30(24)40-19-22-11-7-4-8-12-22/h3-16,25H,17-20H2,1-2H3,(H,37,38)/t25-/m1/s1. The van der Waals surface area contributed by atoms with Crippen LogP contribution in [0.1, 0.15) is 25.0 Å². The highest BCUT2D eigenvalue weighted by molar-refractivity contribution is 5.75. The molecule has 0 bridgehead atoms. The number of rotatable bonds is 9. The second-order valence-corrected chi connectivity index (χ2v) is 10.6. The normalized spacial score (nSPS) is 16.1. The van der Waals surface area contributed by atoms with Crippen LogP contribution in [0.4, 0.5) is 14.5 Å². The third-order valence-electron chi connectivity index (χ3n) is 7.19. The summed E-state index contributed by atoms with van der Waals surface area (Å²) < 4.78 is 43.0. The molecule has 1 saturated heterocycles. The van der Waals surface area contributed by atoms with Crippen molar-refractivity contribution < 1.29 is 28.2 Å². The van der Waals surface area contributed by atoms with Gasteiger partial charge in [0.05, 0.1) is 17.0 Å². The first kappa shape index (κ1) is 27.1. The maximum Gasteiger partial charge on any atom is 0.308 e. The summed E-state index contributed by atoms with van der Waals surface area (Å²) in [5, 5.41) is 9.60. The van der Waals surface area contributed by atoms with Crippen LogP contribution in [0.3, 0.4) is 0 Å². The number of hydrogen-bond donors (Lipinski definition) is 1. The Hall–Kier alpha value is -4.46. The van der Waals surface area contributed by atoms with Gasteiger partial charge >= 0.3 is 5.97 Å². The minimum atomic E-state index is -0.925. The van der Waals surface area contributed by atoms with Crippen LogP contribution in [-0.2, 0) is 18.0 Å². The van der Waals surface area contributed by atoms with Crippen LogP contribution in [0, 0.1) is 23.0 Å². The number of hydrogen-bond acceptors (Lipinski definition) is 5. The third-order valence-corrected chi connectivity index (χ3v) is 7.19. The Morgan fingerprint density at radius 2 is 1.50 bits per heavy atom. The lowest BCUT2D eigenvalue weighted by Gasteiger charge is -2.23. The number of ether oxygens (including phenoxy) is 2. The van der Waals surface area contributed by atoms with Crippen molar-refractivity contribution in [1.82, 2.24) is 4.98 Å². The zero-order valence-electron chi connectivity index (χ0n) is 22.3. The Bertz CT molecular complexity index is 1470. The zero-order valence-corrected chi connectivity index (χ0v) is 22.3. The number of nitrogens with zero attached hydrogens (tertiary/aromatic N) is 2. The predicted molar refractivity (Wildman–Crippen MR) is 148 cm³/mol. The van der Waals surface area contributed by atoms with Gasteiger partial charge in [-0.2, -0.15) is 4.98 Å². The van der Waals surface area contributed by atoms with Gasteiger partial charge in [-0.25, -0.2) is 8.78 Å². The summed E-state index contributed by atoms with van der Waals surface area (Å²) in [6.45, 7) is 4.63. The average Bonchev–Trinajstić information content (AvgIpc) is 3.27. The fourth-order valence-electron chi connectivity index (χ4n) is 5.00. The molecule has 6 nitrogen and oxygen atoms in total. The van der Waals surface area contributed by atoms with E-state index in [-0.39, 0.29) is 48.3 Å². The molecular formula is C32H30F2N2O4. The molecule has 1 aliphatic heterocycles. The van der Waals surface area contributed by atoms with E-state index in [1.54, 1.807) is 11.0 Å². The quantitative estimate of drug-likeness (QED) is 0.252. The fraction of sp³-hybridized carbons (Fsp3) is 0.250. The van der Waals surface area contributed by atoms with Crippen molar-refractivity contribution in [3.8, 4) is 22.9 Å². The number of anilines is 1. The van der Waals surface area contributed by atoms with Crippen LogP contribution in [-0.4, -0.2) is 29.1 Å². The molecule has 1 aromatic heterocycles. The number of benzene rings is 3. The van der Waals surface area contributed by atoms with Gasteiger partial charge in [-0.3, -0.25) is 4.79 Å². The van der Waals surface area contributed by atoms with Crippen LogP contribution in [0.15, 0.2) is 84.9 Å². The van der Waals surface area contributed by atoms with Gasteiger partial charge < -0.3 is 19.5 Å². The Morgan fingerprint density at radius 3 is 2.05 bits per heavy atom. The van der Waals surface area contributed by atoms with Crippen molar-refractivity contribution in [2.45, 2.75) is 27.1 Å². The van der Waals surface area contributed by atoms with E-state index in [1.807, 2.05) is 74.5 Å². The molecule has 1 N–H and O–H groups in total. The van der Waals surface area contributed by atoms with Gasteiger partial charge in [-0.05, 0) is 34.7 Å². The lowest BCUT2D eigenvalue weighted by Crippen LogP contribution is -2.28. The Kier molecular flexibility index (Phi) is 7.69. The number of halogens is 2. The highest BCUT2D eigenvalue weighted by Crippen LogP contribution is 2.41. The van der Waals surface area contributed by atoms with Gasteiger partial charge in [0.15, 0.2) is 0 Å². The topological polar surface area (TPSA) is 71.9 Å². The lowest BCUT2D eigenvalue weighted by molar-refractivity contribution is -0.143. The lowest BCUT2D eigenvalue weighted by atomic mass is 9.82. The van der Waals surface area contributed by atoms with Crippen LogP contribution >= 0.6 is 0 Å². The Labute approximate surface area is 231 Å². The van der Waals surface area contributed by atoms with E-state index in [9.17, 15) is 9.90 Å². The van der Waals surface area contributed by atoms with E-state index in [0.29, 0.717) is 6.54 Å². The van der Waals surface area contributed by atoms with Crippen LogP contribution in [0.5, 0.6) is 11.8 Å². The first-order valence-corrected chi connectivity index (χ1v) is 13.0. The highest BCUT2D eigenvalue weighted by atomic mass is 19.1. The summed E-state index contributed by atoms with van der Waals surface area (Å²) in [7, 11) is 0.